The molecule has 0 saturated heterocycles. The Labute approximate surface area is 223 Å². The molecule has 3 rings (SSSR count). The molecule has 38 heavy (non-hydrogen) atoms. The normalized spacial score (nSPS) is 18.3. The molecule has 0 radical (unpaired) electrons. The molecule has 8 nitrogen and oxygen atoms in total. The second-order valence-electron chi connectivity index (χ2n) is 11.1. The number of hydrogen-bond donors (Lipinski definition) is 1. The lowest BCUT2D eigenvalue weighted by Gasteiger charge is -2.27. The van der Waals surface area contributed by atoms with E-state index < -0.39 is 22.4 Å². The van der Waals surface area contributed by atoms with E-state index in [-0.39, 0.29) is 39.4 Å². The molecule has 11 heteroatoms. The van der Waals surface area contributed by atoms with E-state index in [4.69, 9.17) is 4.74 Å². The van der Waals surface area contributed by atoms with Gasteiger partial charge in [-0.25, -0.2) is 13.4 Å². The van der Waals surface area contributed by atoms with E-state index in [2.05, 4.69) is 10.3 Å². The van der Waals surface area contributed by atoms with Crippen LogP contribution in [0.15, 0.2) is 18.2 Å². The van der Waals surface area contributed by atoms with Crippen molar-refractivity contribution in [2.75, 3.05) is 12.8 Å². The summed E-state index contributed by atoms with van der Waals surface area (Å²) in [6, 6.07) is 6.97. The number of halogens is 2. The van der Waals surface area contributed by atoms with Gasteiger partial charge in [-0.2, -0.15) is 14.0 Å². The van der Waals surface area contributed by atoms with E-state index in [9.17, 15) is 27.3 Å². The molecule has 1 amide bonds. The highest BCUT2D eigenvalue weighted by Gasteiger charge is 2.29. The van der Waals surface area contributed by atoms with Crippen molar-refractivity contribution < 1.29 is 26.7 Å². The van der Waals surface area contributed by atoms with Crippen LogP contribution in [-0.2, 0) is 22.7 Å². The number of benzene rings is 1. The zero-order valence-electron chi connectivity index (χ0n) is 22.6. The van der Waals surface area contributed by atoms with Crippen molar-refractivity contribution in [1.82, 2.24) is 14.9 Å². The Morgan fingerprint density at radius 1 is 1.26 bits per heavy atom. The average Bonchev–Trinajstić information content (AvgIpc) is 3.19. The summed E-state index contributed by atoms with van der Waals surface area (Å²) in [5, 5.41) is 12.5. The number of carbonyl (C=O) groups is 1. The monoisotopic (exact) mass is 550 g/mol. The van der Waals surface area contributed by atoms with Crippen molar-refractivity contribution in [3.8, 4) is 17.5 Å². The molecule has 208 valence electrons. The van der Waals surface area contributed by atoms with Crippen LogP contribution in [0.2, 0.25) is 0 Å². The van der Waals surface area contributed by atoms with E-state index in [1.54, 1.807) is 25.1 Å². The number of sulfone groups is 1. The van der Waals surface area contributed by atoms with Gasteiger partial charge in [0.2, 0.25) is 0 Å². The molecular formula is C27H36F2N4O4S. The van der Waals surface area contributed by atoms with E-state index in [0.717, 1.165) is 5.56 Å². The van der Waals surface area contributed by atoms with Gasteiger partial charge in [0.1, 0.15) is 27.5 Å². The third-order valence-electron chi connectivity index (χ3n) is 6.75. The maximum absolute atomic E-state index is 13.3. The number of amides is 1. The Bertz CT molecular complexity index is 1300. The fraction of sp³-hybridized carbons (Fsp3) is 0.593. The van der Waals surface area contributed by atoms with Crippen LogP contribution in [0.1, 0.15) is 80.9 Å². The van der Waals surface area contributed by atoms with E-state index >= 15 is 0 Å². The molecule has 0 bridgehead atoms. The van der Waals surface area contributed by atoms with Crippen LogP contribution in [0.5, 0.6) is 5.75 Å². The van der Waals surface area contributed by atoms with Gasteiger partial charge in [0.05, 0.1) is 10.9 Å². The fourth-order valence-electron chi connectivity index (χ4n) is 4.97. The maximum Gasteiger partial charge on any atom is 0.387 e. The summed E-state index contributed by atoms with van der Waals surface area (Å²) < 4.78 is 56.5. The first kappa shape index (κ1) is 29.6. The van der Waals surface area contributed by atoms with Crippen LogP contribution in [-0.4, -0.2) is 48.5 Å². The van der Waals surface area contributed by atoms with Crippen molar-refractivity contribution in [3.05, 3.63) is 41.0 Å². The highest BCUT2D eigenvalue weighted by Crippen LogP contribution is 2.32. The molecule has 0 aliphatic heterocycles. The van der Waals surface area contributed by atoms with Crippen molar-refractivity contribution in [3.63, 3.8) is 0 Å². The second-order valence-corrected chi connectivity index (χ2v) is 13.5. The third kappa shape index (κ3) is 7.31. The lowest BCUT2D eigenvalue weighted by Crippen LogP contribution is -2.34. The van der Waals surface area contributed by atoms with Crippen molar-refractivity contribution in [2.45, 2.75) is 78.1 Å². The van der Waals surface area contributed by atoms with Crippen molar-refractivity contribution in [2.24, 2.45) is 11.3 Å². The fourth-order valence-corrected chi connectivity index (χ4v) is 6.09. The maximum atomic E-state index is 13.3. The molecule has 1 heterocycles. The third-order valence-corrected chi connectivity index (χ3v) is 8.43. The number of rotatable bonds is 9. The number of nitrogens with one attached hydrogen (secondary N) is 1. The highest BCUT2D eigenvalue weighted by atomic mass is 32.2. The largest absolute Gasteiger partial charge is 0.433 e. The van der Waals surface area contributed by atoms with Gasteiger partial charge in [-0.3, -0.25) is 9.36 Å². The zero-order chi connectivity index (χ0) is 28.3. The van der Waals surface area contributed by atoms with Gasteiger partial charge in [-0.05, 0) is 61.1 Å². The van der Waals surface area contributed by atoms with Gasteiger partial charge in [0.15, 0.2) is 11.4 Å². The van der Waals surface area contributed by atoms with Crippen molar-refractivity contribution in [1.29, 1.82) is 5.26 Å². The number of carbonyl (C=O) groups excluding carboxylic acids is 1. The molecule has 2 aromatic rings. The summed E-state index contributed by atoms with van der Waals surface area (Å²) in [6.07, 6.45) is 4.67. The Balaban J connectivity index is 1.89. The minimum atomic E-state index is -3.08. The summed E-state index contributed by atoms with van der Waals surface area (Å²) >= 11 is 0. The molecule has 1 aliphatic rings. The lowest BCUT2D eigenvalue weighted by molar-refractivity contribution is -0.0499. The molecule has 1 saturated carbocycles. The molecular weight excluding hydrogens is 514 g/mol. The Kier molecular flexibility index (Phi) is 9.18. The molecule has 0 unspecified atom stereocenters. The Hall–Kier alpha value is -3.00. The van der Waals surface area contributed by atoms with Gasteiger partial charge in [0.25, 0.3) is 5.91 Å². The number of aromatic nitrogens is 2. The van der Waals surface area contributed by atoms with Crippen molar-refractivity contribution >= 4 is 15.7 Å². The smallest absolute Gasteiger partial charge is 0.387 e. The molecule has 1 aliphatic carbocycles. The number of aryl methyl sites for hydroxylation is 1. The highest BCUT2D eigenvalue weighted by molar-refractivity contribution is 7.91. The number of ether oxygens (including phenoxy) is 1. The SMILES string of the molecule is CCc1nc(C(=O)NCC2CCC(S(C)(=O)=O)CC2)c(C#N)n1-c1ccc(CC(C)(C)C)cc1OC(F)F. The Morgan fingerprint density at radius 2 is 1.92 bits per heavy atom. The second kappa shape index (κ2) is 11.8. The molecule has 1 aromatic carbocycles. The first-order chi connectivity index (χ1) is 17.7. The summed E-state index contributed by atoms with van der Waals surface area (Å²) in [7, 11) is -3.08. The topological polar surface area (TPSA) is 114 Å². The summed E-state index contributed by atoms with van der Waals surface area (Å²) in [5.74, 6) is -0.152. The molecule has 1 N–H and O–H groups in total. The first-order valence-electron chi connectivity index (χ1n) is 12.8. The van der Waals surface area contributed by atoms with Crippen LogP contribution >= 0.6 is 0 Å². The van der Waals surface area contributed by atoms with E-state index in [1.165, 1.54) is 10.8 Å². The quantitative estimate of drug-likeness (QED) is 0.478. The van der Waals surface area contributed by atoms with Gasteiger partial charge >= 0.3 is 6.61 Å². The number of imidazole rings is 1. The van der Waals surface area contributed by atoms with Gasteiger partial charge < -0.3 is 10.1 Å². The number of nitriles is 1. The standard InChI is InChI=1S/C27H36F2N4O4S/c1-6-23-32-24(25(34)31-16-17-7-10-19(11-8-17)38(5,35)36)21(15-30)33(23)20-12-9-18(14-27(2,3)4)13-22(20)37-26(28)29/h9,12-13,17,19,26H,6-8,10-11,14,16H2,1-5H3,(H,31,34). The molecule has 1 aromatic heterocycles. The minimum Gasteiger partial charge on any atom is -0.433 e. The van der Waals surface area contributed by atoms with Crippen LogP contribution in [0, 0.1) is 22.7 Å². The number of alkyl halides is 2. The predicted octanol–water partition coefficient (Wildman–Crippen LogP) is 4.83. The van der Waals surface area contributed by atoms with Crippen LogP contribution in [0.3, 0.4) is 0 Å². The van der Waals surface area contributed by atoms with Gasteiger partial charge in [-0.1, -0.05) is 33.8 Å². The van der Waals surface area contributed by atoms with Crippen LogP contribution in [0.4, 0.5) is 8.78 Å². The minimum absolute atomic E-state index is 0.0668. The zero-order valence-corrected chi connectivity index (χ0v) is 23.4. The predicted molar refractivity (Wildman–Crippen MR) is 140 cm³/mol. The summed E-state index contributed by atoms with van der Waals surface area (Å²) in [4.78, 5) is 17.5. The number of nitrogens with zero attached hydrogens (tertiary/aromatic N) is 3. The molecule has 1 fully saturated rings. The molecule has 0 spiro atoms. The van der Waals surface area contributed by atoms with Crippen LogP contribution < -0.4 is 10.1 Å². The first-order valence-corrected chi connectivity index (χ1v) is 14.8. The van der Waals surface area contributed by atoms with Gasteiger partial charge in [0, 0.05) is 19.2 Å². The lowest BCUT2D eigenvalue weighted by atomic mass is 9.88. The Morgan fingerprint density at radius 3 is 2.45 bits per heavy atom. The average molecular weight is 551 g/mol. The van der Waals surface area contributed by atoms with Gasteiger partial charge in [-0.15, -0.1) is 0 Å². The van der Waals surface area contributed by atoms with Crippen LogP contribution in [0.25, 0.3) is 5.69 Å². The summed E-state index contributed by atoms with van der Waals surface area (Å²) in [5.41, 5.74) is 0.776. The molecule has 0 atom stereocenters. The van der Waals surface area contributed by atoms with E-state index in [0.29, 0.717) is 50.9 Å². The number of hydrogen-bond acceptors (Lipinski definition) is 6. The van der Waals surface area contributed by atoms with E-state index in [1.807, 2.05) is 26.8 Å². The summed E-state index contributed by atoms with van der Waals surface area (Å²) in [6.45, 7) is 5.17.